The number of benzene rings is 2. The fourth-order valence-corrected chi connectivity index (χ4v) is 10.1. The molecular weight excluding hydrogens is 684 g/mol. The average Bonchev–Trinajstić information content (AvgIpc) is 3.46. The summed E-state index contributed by atoms with van der Waals surface area (Å²) in [4.78, 5) is 36.6. The molecule has 0 spiro atoms. The van der Waals surface area contributed by atoms with Crippen molar-refractivity contribution < 1.29 is 34.1 Å². The van der Waals surface area contributed by atoms with Crippen LogP contribution in [0.1, 0.15) is 90.1 Å². The lowest BCUT2D eigenvalue weighted by atomic mass is 9.52. The maximum absolute atomic E-state index is 14.4. The number of fused-ring (bicyclic) bond motifs is 3. The maximum Gasteiger partial charge on any atom is 0.255 e. The Hall–Kier alpha value is -3.22. The number of ether oxygens (including phenoxy) is 2. The molecule has 3 saturated carbocycles. The first-order valence-electron chi connectivity index (χ1n) is 19.7. The number of carbonyl (C=O) groups excluding carboxylic acids is 2. The molecule has 2 bridgehead atoms. The summed E-state index contributed by atoms with van der Waals surface area (Å²) in [7, 11) is 7.16. The van der Waals surface area contributed by atoms with Gasteiger partial charge in [0.15, 0.2) is 0 Å². The molecule has 300 valence electrons. The molecule has 11 nitrogen and oxygen atoms in total. The van der Waals surface area contributed by atoms with Gasteiger partial charge in [-0.25, -0.2) is 0 Å². The van der Waals surface area contributed by atoms with Crippen LogP contribution in [-0.2, 0) is 16.2 Å². The van der Waals surface area contributed by atoms with Crippen LogP contribution in [0.15, 0.2) is 36.4 Å². The minimum atomic E-state index is -0.903. The van der Waals surface area contributed by atoms with Crippen LogP contribution in [-0.4, -0.2) is 104 Å². The Balaban J connectivity index is 1.44. The Bertz CT molecular complexity index is 1620. The van der Waals surface area contributed by atoms with Crippen LogP contribution < -0.4 is 20.1 Å². The molecule has 11 heteroatoms. The number of methoxy groups -OCH3 is 2. The van der Waals surface area contributed by atoms with Gasteiger partial charge < -0.3 is 35.2 Å². The van der Waals surface area contributed by atoms with Crippen LogP contribution in [0.3, 0.4) is 0 Å². The van der Waals surface area contributed by atoms with Crippen molar-refractivity contribution in [2.75, 3.05) is 41.5 Å². The molecule has 2 amide bonds. The van der Waals surface area contributed by atoms with E-state index in [1.54, 1.807) is 32.3 Å². The predicted octanol–water partition coefficient (Wildman–Crippen LogP) is 5.52. The SMILES string of the molecule is COc1ccc(-c2cccc(CN3O[C@@H](CO)[C@H]([C@H](C)O)[C@H]3C(=O)N[C@H]3C4CC[C@@H]([C@@H]3C)C(C)(C)C4)c2OC)cc1C(=O)N[C@H](CN(C)C)CC(C)(C)C. The van der Waals surface area contributed by atoms with Crippen LogP contribution in [0.4, 0.5) is 0 Å². The van der Waals surface area contributed by atoms with Crippen molar-refractivity contribution in [1.82, 2.24) is 20.6 Å². The Kier molecular flexibility index (Phi) is 13.1. The van der Waals surface area contributed by atoms with Crippen LogP contribution >= 0.6 is 0 Å². The molecule has 4 fully saturated rings. The topological polar surface area (TPSA) is 133 Å². The fraction of sp³-hybridized carbons (Fsp3) is 0.674. The normalized spacial score (nSPS) is 27.8. The third-order valence-electron chi connectivity index (χ3n) is 12.2. The highest BCUT2D eigenvalue weighted by Crippen LogP contribution is 2.55. The molecule has 1 unspecified atom stereocenters. The van der Waals surface area contributed by atoms with E-state index < -0.39 is 24.2 Å². The van der Waals surface area contributed by atoms with E-state index >= 15 is 0 Å². The zero-order chi connectivity index (χ0) is 39.7. The zero-order valence-corrected chi connectivity index (χ0v) is 34.4. The van der Waals surface area contributed by atoms with Crippen molar-refractivity contribution in [2.24, 2.45) is 34.5 Å². The maximum atomic E-state index is 14.4. The van der Waals surface area contributed by atoms with E-state index in [1.807, 2.05) is 44.4 Å². The molecule has 54 heavy (non-hydrogen) atoms. The van der Waals surface area contributed by atoms with Gasteiger partial charge in [-0.1, -0.05) is 65.8 Å². The van der Waals surface area contributed by atoms with Gasteiger partial charge in [-0.3, -0.25) is 14.4 Å². The Labute approximate surface area is 323 Å². The number of amides is 2. The van der Waals surface area contributed by atoms with Gasteiger partial charge in [-0.2, -0.15) is 5.06 Å². The third-order valence-corrected chi connectivity index (χ3v) is 12.2. The van der Waals surface area contributed by atoms with Crippen molar-refractivity contribution in [2.45, 2.75) is 111 Å². The van der Waals surface area contributed by atoms with Crippen LogP contribution in [0, 0.1) is 34.5 Å². The minimum absolute atomic E-state index is 0.0179. The number of hydroxylamine groups is 2. The lowest BCUT2D eigenvalue weighted by Crippen LogP contribution is -2.60. The number of carbonyl (C=O) groups is 2. The lowest BCUT2D eigenvalue weighted by molar-refractivity contribution is -0.183. The van der Waals surface area contributed by atoms with E-state index in [9.17, 15) is 19.8 Å². The van der Waals surface area contributed by atoms with Gasteiger partial charge in [0, 0.05) is 35.7 Å². The second-order valence-electron chi connectivity index (χ2n) is 18.3. The fourth-order valence-electron chi connectivity index (χ4n) is 10.1. The first-order valence-corrected chi connectivity index (χ1v) is 19.7. The molecule has 1 aliphatic heterocycles. The van der Waals surface area contributed by atoms with E-state index in [0.29, 0.717) is 41.4 Å². The van der Waals surface area contributed by atoms with Gasteiger partial charge in [-0.15, -0.1) is 0 Å². The van der Waals surface area contributed by atoms with Crippen LogP contribution in [0.2, 0.25) is 0 Å². The second-order valence-corrected chi connectivity index (χ2v) is 18.3. The molecule has 4 N–H and O–H groups in total. The van der Waals surface area contributed by atoms with E-state index in [1.165, 1.54) is 6.42 Å². The molecular formula is C43H66N4O7. The van der Waals surface area contributed by atoms with E-state index in [0.717, 1.165) is 36.0 Å². The number of hydrogen-bond donors (Lipinski definition) is 4. The molecule has 0 radical (unpaired) electrons. The summed E-state index contributed by atoms with van der Waals surface area (Å²) in [5.41, 5.74) is 2.94. The number of likely N-dealkylation sites (N-methyl/N-ethyl adjacent to an activating group) is 1. The monoisotopic (exact) mass is 750 g/mol. The number of hydrogen-bond acceptors (Lipinski definition) is 9. The zero-order valence-electron chi connectivity index (χ0n) is 34.4. The molecule has 3 aliphatic carbocycles. The van der Waals surface area contributed by atoms with Gasteiger partial charge in [0.25, 0.3) is 5.91 Å². The van der Waals surface area contributed by atoms with Crippen LogP contribution in [0.5, 0.6) is 11.5 Å². The molecule has 2 aromatic carbocycles. The summed E-state index contributed by atoms with van der Waals surface area (Å²) in [5, 5.41) is 29.6. The predicted molar refractivity (Wildman–Crippen MR) is 211 cm³/mol. The second kappa shape index (κ2) is 16.9. The van der Waals surface area contributed by atoms with Gasteiger partial charge >= 0.3 is 0 Å². The van der Waals surface area contributed by atoms with E-state index in [4.69, 9.17) is 14.3 Å². The summed E-state index contributed by atoms with van der Waals surface area (Å²) in [6, 6.07) is 10.4. The Morgan fingerprint density at radius 2 is 1.83 bits per heavy atom. The smallest absolute Gasteiger partial charge is 0.255 e. The van der Waals surface area contributed by atoms with Crippen LogP contribution in [0.25, 0.3) is 11.1 Å². The highest BCUT2D eigenvalue weighted by molar-refractivity contribution is 5.98. The summed E-state index contributed by atoms with van der Waals surface area (Å²) < 4.78 is 11.7. The molecule has 1 heterocycles. The molecule has 4 aliphatic rings. The minimum Gasteiger partial charge on any atom is -0.496 e. The van der Waals surface area contributed by atoms with Crippen molar-refractivity contribution in [3.05, 3.63) is 47.5 Å². The summed E-state index contributed by atoms with van der Waals surface area (Å²) in [6.45, 7) is 15.6. The van der Waals surface area contributed by atoms with Gasteiger partial charge in [0.2, 0.25) is 5.91 Å². The van der Waals surface area contributed by atoms with Gasteiger partial charge in [0.05, 0.1) is 39.0 Å². The third kappa shape index (κ3) is 9.07. The van der Waals surface area contributed by atoms with Gasteiger partial charge in [0.1, 0.15) is 23.6 Å². The highest BCUT2D eigenvalue weighted by Gasteiger charge is 2.54. The number of nitrogens with zero attached hydrogens (tertiary/aromatic N) is 2. The number of para-hydroxylation sites is 1. The quantitative estimate of drug-likeness (QED) is 0.197. The molecule has 9 atom stereocenters. The van der Waals surface area contributed by atoms with Crippen molar-refractivity contribution in [3.8, 4) is 22.6 Å². The van der Waals surface area contributed by atoms with Crippen molar-refractivity contribution in [3.63, 3.8) is 0 Å². The molecule has 2 aromatic rings. The summed E-state index contributed by atoms with van der Waals surface area (Å²) in [6.07, 6.45) is 2.49. The first-order chi connectivity index (χ1) is 25.4. The Morgan fingerprint density at radius 1 is 1.11 bits per heavy atom. The van der Waals surface area contributed by atoms with E-state index in [2.05, 4.69) is 57.1 Å². The molecule has 1 saturated heterocycles. The number of aliphatic hydroxyl groups is 2. The van der Waals surface area contributed by atoms with Crippen molar-refractivity contribution >= 4 is 11.8 Å². The first kappa shape index (κ1) is 41.9. The van der Waals surface area contributed by atoms with E-state index in [-0.39, 0.29) is 47.9 Å². The van der Waals surface area contributed by atoms with Gasteiger partial charge in [-0.05, 0) is 93.0 Å². The number of rotatable bonds is 14. The standard InChI is InChI=1S/C43H66N4O7/c1-25-33-17-15-28(20-43(33,6)7)37(25)45-41(51)38-36(26(2)49)35(24-48)54-47(38)22-29-13-12-14-31(39(29)53-11)27-16-18-34(52-10)32(19-27)40(50)44-30(23-46(8)9)21-42(3,4)5/h12-14,16,18-19,25-26,28,30,33,35-38,48-49H,15,17,20-24H2,1-11H3,(H,44,50)(H,45,51)/t25-,26-,28?,30-,33-,35-,36-,37+,38-/m0/s1. The average molecular weight is 751 g/mol. The summed E-state index contributed by atoms with van der Waals surface area (Å²) in [5.74, 6) is 1.22. The largest absolute Gasteiger partial charge is 0.496 e. The molecule has 6 rings (SSSR count). The number of aliphatic hydroxyl groups excluding tert-OH is 2. The van der Waals surface area contributed by atoms with Crippen molar-refractivity contribution in [1.29, 1.82) is 0 Å². The molecule has 0 aromatic heterocycles. The highest BCUT2D eigenvalue weighted by atomic mass is 16.7. The number of nitrogens with one attached hydrogen (secondary N) is 2. The summed E-state index contributed by atoms with van der Waals surface area (Å²) >= 11 is 0. The Morgan fingerprint density at radius 3 is 2.41 bits per heavy atom. The lowest BCUT2D eigenvalue weighted by Gasteiger charge is -2.56.